The molecule has 0 aliphatic carbocycles. The van der Waals surface area contributed by atoms with Crippen molar-refractivity contribution in [2.75, 3.05) is 39.3 Å². The molecule has 5 aromatic carbocycles. The Bertz CT molecular complexity index is 2650. The summed E-state index contributed by atoms with van der Waals surface area (Å²) in [5.74, 6) is -0.0151. The van der Waals surface area contributed by atoms with Gasteiger partial charge in [0.25, 0.3) is 5.91 Å². The predicted octanol–water partition coefficient (Wildman–Crippen LogP) is 6.71. The Balaban J connectivity index is 0.814. The summed E-state index contributed by atoms with van der Waals surface area (Å²) in [5.41, 5.74) is 4.33. The van der Waals surface area contributed by atoms with Gasteiger partial charge in [-0.25, -0.2) is 9.59 Å². The first-order valence-electron chi connectivity index (χ1n) is 23.0. The van der Waals surface area contributed by atoms with E-state index in [0.29, 0.717) is 47.6 Å². The number of pyridine rings is 1. The molecule has 0 radical (unpaired) electrons. The molecule has 4 unspecified atom stereocenters. The predicted molar refractivity (Wildman–Crippen MR) is 254 cm³/mol. The lowest BCUT2D eigenvalue weighted by molar-refractivity contribution is -0.146. The fourth-order valence-corrected chi connectivity index (χ4v) is 8.85. The first kappa shape index (κ1) is 46.5. The van der Waals surface area contributed by atoms with Crippen LogP contribution in [0.15, 0.2) is 138 Å². The number of aliphatic hydroxyl groups is 1. The van der Waals surface area contributed by atoms with E-state index in [2.05, 4.69) is 25.8 Å². The van der Waals surface area contributed by atoms with Crippen molar-refractivity contribution < 1.29 is 38.8 Å². The van der Waals surface area contributed by atoms with Gasteiger partial charge < -0.3 is 45.4 Å². The van der Waals surface area contributed by atoms with Gasteiger partial charge in [0.15, 0.2) is 0 Å². The first-order chi connectivity index (χ1) is 32.7. The first-order valence-corrected chi connectivity index (χ1v) is 23.0. The lowest BCUT2D eigenvalue weighted by Crippen LogP contribution is -2.52. The third kappa shape index (κ3) is 12.5. The van der Waals surface area contributed by atoms with Crippen molar-refractivity contribution in [3.05, 3.63) is 177 Å². The van der Waals surface area contributed by atoms with Gasteiger partial charge in [-0.2, -0.15) is 0 Å². The molecule has 0 saturated carbocycles. The molecular formula is C53H57N5O9. The number of H-pyrrole nitrogens is 1. The number of rotatable bonds is 20. The molecule has 1 aromatic heterocycles. The van der Waals surface area contributed by atoms with Gasteiger partial charge >= 0.3 is 12.1 Å². The summed E-state index contributed by atoms with van der Waals surface area (Å²) in [6, 6.07) is 38.4. The number of carbonyl (C=O) groups excluding carboxylic acids is 3. The van der Waals surface area contributed by atoms with E-state index in [1.165, 1.54) is 12.1 Å². The van der Waals surface area contributed by atoms with Crippen LogP contribution >= 0.6 is 0 Å². The summed E-state index contributed by atoms with van der Waals surface area (Å²) in [6.07, 6.45) is 2.12. The summed E-state index contributed by atoms with van der Waals surface area (Å²) >= 11 is 0. The minimum atomic E-state index is -0.926. The standard InChI is InChI=1S/C53H57N5O9/c59-45-22-20-42(43-21-23-48(61)56-50(43)45)46(60)32-54-26-7-8-29-65-52(63)44(30-35-10-3-1-4-11-35)55-51(62)39-18-16-36(17-19-39)34-66-41-15-9-14-40(31-41)49(38-12-5-2-6-13-38)57-53(64)67-47-33-58-27-24-37(47)25-28-58/h1-6,9-23,31,37,44,46-47,49,54,59-60H,7-8,24-30,32-34H2,(H,55,62)(H,56,61)(H,57,64). The number of aromatic nitrogens is 1. The second-order valence-electron chi connectivity index (χ2n) is 17.2. The van der Waals surface area contributed by atoms with Crippen molar-refractivity contribution >= 4 is 28.9 Å². The zero-order valence-corrected chi connectivity index (χ0v) is 37.3. The molecule has 14 heteroatoms. The molecule has 2 bridgehead atoms. The van der Waals surface area contributed by atoms with Crippen LogP contribution < -0.4 is 26.2 Å². The number of aliphatic hydroxyl groups excluding tert-OH is 1. The van der Waals surface area contributed by atoms with E-state index in [4.69, 9.17) is 14.2 Å². The maximum atomic E-state index is 13.5. The number of unbranched alkanes of at least 4 members (excludes halogenated alkanes) is 1. The second kappa shape index (κ2) is 22.5. The highest BCUT2D eigenvalue weighted by Gasteiger charge is 2.37. The number of fused-ring (bicyclic) bond motifs is 4. The SMILES string of the molecule is O=C(NC(c1ccccc1)c1cccc(OCc2ccc(C(=O)NC(Cc3ccccc3)C(=O)OCCCCNCC(O)c3ccc(O)c4[nH]c(=O)ccc34)cc2)c1)OC1CN2CCC1CC2. The van der Waals surface area contributed by atoms with Crippen LogP contribution in [-0.2, 0) is 27.3 Å². The number of phenols is 1. The van der Waals surface area contributed by atoms with Crippen LogP contribution in [0.1, 0.15) is 76.0 Å². The van der Waals surface area contributed by atoms with E-state index in [-0.39, 0.29) is 49.1 Å². The molecule has 14 nitrogen and oxygen atoms in total. The van der Waals surface area contributed by atoms with E-state index in [1.54, 1.807) is 24.3 Å². The number of nitrogens with zero attached hydrogens (tertiary/aromatic N) is 1. The highest BCUT2D eigenvalue weighted by atomic mass is 16.6. The fraction of sp³-hybridized carbons (Fsp3) is 0.321. The van der Waals surface area contributed by atoms with Crippen molar-refractivity contribution in [2.24, 2.45) is 5.92 Å². The van der Waals surface area contributed by atoms with Crippen LogP contribution in [0.5, 0.6) is 11.5 Å². The molecule has 348 valence electrons. The number of hydrogen-bond acceptors (Lipinski definition) is 11. The molecule has 4 atom stereocenters. The number of hydrogen-bond donors (Lipinski definition) is 6. The quantitative estimate of drug-likeness (QED) is 0.0353. The molecule has 3 saturated heterocycles. The van der Waals surface area contributed by atoms with Crippen LogP contribution in [0.2, 0.25) is 0 Å². The molecule has 6 N–H and O–H groups in total. The molecule has 3 aliphatic rings. The molecule has 9 rings (SSSR count). The van der Waals surface area contributed by atoms with Gasteiger partial charge in [0.2, 0.25) is 5.56 Å². The Morgan fingerprint density at radius 2 is 1.54 bits per heavy atom. The van der Waals surface area contributed by atoms with Gasteiger partial charge in [-0.15, -0.1) is 0 Å². The van der Waals surface area contributed by atoms with Crippen molar-refractivity contribution in [3.8, 4) is 11.5 Å². The molecule has 67 heavy (non-hydrogen) atoms. The van der Waals surface area contributed by atoms with Crippen molar-refractivity contribution in [1.29, 1.82) is 0 Å². The van der Waals surface area contributed by atoms with E-state index >= 15 is 0 Å². The van der Waals surface area contributed by atoms with E-state index in [9.17, 15) is 29.4 Å². The number of nitrogens with one attached hydrogen (secondary N) is 4. The third-order valence-corrected chi connectivity index (χ3v) is 12.5. The average Bonchev–Trinajstić information content (AvgIpc) is 3.35. The Kier molecular flexibility index (Phi) is 15.6. The highest BCUT2D eigenvalue weighted by Crippen LogP contribution is 2.31. The number of benzene rings is 5. The number of piperidine rings is 3. The number of ether oxygens (including phenoxy) is 3. The molecule has 4 heterocycles. The monoisotopic (exact) mass is 907 g/mol. The van der Waals surface area contributed by atoms with E-state index in [1.807, 2.05) is 97.1 Å². The molecule has 3 aliphatic heterocycles. The topological polar surface area (TPSA) is 192 Å². The second-order valence-corrected chi connectivity index (χ2v) is 17.2. The largest absolute Gasteiger partial charge is 0.506 e. The number of esters is 1. The van der Waals surface area contributed by atoms with Gasteiger partial charge in [-0.3, -0.25) is 14.5 Å². The van der Waals surface area contributed by atoms with Gasteiger partial charge in [0, 0.05) is 36.5 Å². The van der Waals surface area contributed by atoms with E-state index < -0.39 is 36.2 Å². The van der Waals surface area contributed by atoms with Crippen LogP contribution in [0, 0.1) is 5.92 Å². The minimum Gasteiger partial charge on any atom is -0.506 e. The van der Waals surface area contributed by atoms with Gasteiger partial charge in [-0.1, -0.05) is 91.0 Å². The van der Waals surface area contributed by atoms with Crippen LogP contribution in [0.4, 0.5) is 4.79 Å². The molecule has 3 fully saturated rings. The smallest absolute Gasteiger partial charge is 0.408 e. The van der Waals surface area contributed by atoms with Gasteiger partial charge in [0.05, 0.1) is 24.3 Å². The normalized spacial score (nSPS) is 17.8. The number of carbonyl (C=O) groups is 3. The summed E-state index contributed by atoms with van der Waals surface area (Å²) in [6.45, 7) is 4.06. The van der Waals surface area contributed by atoms with Crippen molar-refractivity contribution in [2.45, 2.75) is 63.0 Å². The van der Waals surface area contributed by atoms with Crippen LogP contribution in [0.3, 0.4) is 0 Å². The lowest BCUT2D eigenvalue weighted by Gasteiger charge is -2.43. The number of alkyl carbamates (subject to hydrolysis) is 1. The Labute approximate surface area is 389 Å². The average molecular weight is 908 g/mol. The van der Waals surface area contributed by atoms with E-state index in [0.717, 1.165) is 54.7 Å². The van der Waals surface area contributed by atoms with Gasteiger partial charge in [-0.05, 0) is 115 Å². The number of amides is 2. The maximum absolute atomic E-state index is 13.5. The zero-order chi connectivity index (χ0) is 46.5. The van der Waals surface area contributed by atoms with Crippen molar-refractivity contribution in [3.63, 3.8) is 0 Å². The fourth-order valence-electron chi connectivity index (χ4n) is 8.85. The van der Waals surface area contributed by atoms with Gasteiger partial charge in [0.1, 0.15) is 30.3 Å². The summed E-state index contributed by atoms with van der Waals surface area (Å²) in [5, 5.41) is 30.7. The minimum absolute atomic E-state index is 0.0733. The number of aromatic hydroxyl groups is 1. The summed E-state index contributed by atoms with van der Waals surface area (Å²) in [7, 11) is 0. The van der Waals surface area contributed by atoms with Crippen LogP contribution in [0.25, 0.3) is 10.9 Å². The number of aromatic amines is 1. The molecular weight excluding hydrogens is 851 g/mol. The Morgan fingerprint density at radius 3 is 2.28 bits per heavy atom. The third-order valence-electron chi connectivity index (χ3n) is 12.5. The van der Waals surface area contributed by atoms with Crippen LogP contribution in [-0.4, -0.2) is 89.5 Å². The molecule has 6 aromatic rings. The lowest BCUT2D eigenvalue weighted by atomic mass is 9.86. The molecule has 0 spiro atoms. The Hall–Kier alpha value is -7.00. The van der Waals surface area contributed by atoms with Crippen molar-refractivity contribution in [1.82, 2.24) is 25.8 Å². The zero-order valence-electron chi connectivity index (χ0n) is 37.3. The number of phenolic OH excluding ortho intramolecular Hbond substituents is 1. The summed E-state index contributed by atoms with van der Waals surface area (Å²) < 4.78 is 17.9. The highest BCUT2D eigenvalue weighted by molar-refractivity contribution is 5.97. The maximum Gasteiger partial charge on any atom is 0.408 e. The Morgan fingerprint density at radius 1 is 0.791 bits per heavy atom. The molecule has 2 amide bonds. The summed E-state index contributed by atoms with van der Waals surface area (Å²) in [4.78, 5) is 57.0.